The molecular weight excluding hydrogens is 524 g/mol. The summed E-state index contributed by atoms with van der Waals surface area (Å²) in [6.07, 6.45) is 3.62. The lowest BCUT2D eigenvalue weighted by atomic mass is 10.1. The highest BCUT2D eigenvalue weighted by molar-refractivity contribution is 6.37. The molecule has 38 heavy (non-hydrogen) atoms. The van der Waals surface area contributed by atoms with Crippen molar-refractivity contribution in [3.8, 4) is 16.9 Å². The Morgan fingerprint density at radius 3 is 2.21 bits per heavy atom. The molecule has 6 nitrogen and oxygen atoms in total. The summed E-state index contributed by atoms with van der Waals surface area (Å²) in [6.45, 7) is 3.27. The molecule has 1 fully saturated rings. The van der Waals surface area contributed by atoms with E-state index in [1.807, 2.05) is 36.5 Å². The second kappa shape index (κ2) is 10.2. The molecule has 0 amide bonds. The van der Waals surface area contributed by atoms with Gasteiger partial charge in [0, 0.05) is 44.5 Å². The molecule has 2 aromatic heterocycles. The van der Waals surface area contributed by atoms with E-state index < -0.39 is 0 Å². The first kappa shape index (κ1) is 24.5. The largest absolute Gasteiger partial charge is 0.505 e. The zero-order valence-corrected chi connectivity index (χ0v) is 21.9. The van der Waals surface area contributed by atoms with Crippen LogP contribution in [0.1, 0.15) is 5.56 Å². The Bertz CT molecular complexity index is 1590. The van der Waals surface area contributed by atoms with Crippen molar-refractivity contribution in [1.82, 2.24) is 14.5 Å². The molecule has 0 atom stereocenters. The fraction of sp³-hybridized carbons (Fsp3) is 0.172. The number of para-hydroxylation sites is 1. The number of phenols is 1. The Hall–Kier alpha value is -3.81. The van der Waals surface area contributed by atoms with E-state index in [1.54, 1.807) is 24.5 Å². The average molecular weight is 548 g/mol. The van der Waals surface area contributed by atoms with Gasteiger partial charge in [0.2, 0.25) is 0 Å². The van der Waals surface area contributed by atoms with E-state index in [0.29, 0.717) is 38.4 Å². The van der Waals surface area contributed by atoms with Crippen molar-refractivity contribution in [2.24, 2.45) is 0 Å². The summed E-state index contributed by atoms with van der Waals surface area (Å²) >= 11 is 12.6. The van der Waals surface area contributed by atoms with Gasteiger partial charge in [0.1, 0.15) is 23.6 Å². The van der Waals surface area contributed by atoms with Crippen molar-refractivity contribution in [1.29, 1.82) is 0 Å². The monoisotopic (exact) mass is 547 g/mol. The molecule has 192 valence electrons. The Morgan fingerprint density at radius 1 is 0.842 bits per heavy atom. The van der Waals surface area contributed by atoms with Gasteiger partial charge in [-0.15, -0.1) is 0 Å². The first-order chi connectivity index (χ1) is 18.5. The normalized spacial score (nSPS) is 13.9. The molecule has 1 aliphatic heterocycles. The van der Waals surface area contributed by atoms with Gasteiger partial charge >= 0.3 is 0 Å². The summed E-state index contributed by atoms with van der Waals surface area (Å²) < 4.78 is 16.5. The highest BCUT2D eigenvalue weighted by atomic mass is 35.5. The summed E-state index contributed by atoms with van der Waals surface area (Å²) in [7, 11) is 0. The topological polar surface area (TPSA) is 57.4 Å². The predicted molar refractivity (Wildman–Crippen MR) is 151 cm³/mol. The zero-order valence-electron chi connectivity index (χ0n) is 20.4. The van der Waals surface area contributed by atoms with Crippen LogP contribution in [0.15, 0.2) is 79.3 Å². The summed E-state index contributed by atoms with van der Waals surface area (Å²) in [5, 5.41) is 11.4. The van der Waals surface area contributed by atoms with E-state index >= 15 is 0 Å². The molecule has 1 saturated heterocycles. The van der Waals surface area contributed by atoms with Crippen molar-refractivity contribution < 1.29 is 9.50 Å². The molecule has 6 rings (SSSR count). The fourth-order valence-electron chi connectivity index (χ4n) is 5.06. The Labute approximate surface area is 229 Å². The molecule has 1 aliphatic rings. The van der Waals surface area contributed by atoms with E-state index in [4.69, 9.17) is 28.2 Å². The maximum Gasteiger partial charge on any atom is 0.152 e. The van der Waals surface area contributed by atoms with E-state index in [1.165, 1.54) is 6.07 Å². The van der Waals surface area contributed by atoms with Gasteiger partial charge < -0.3 is 19.5 Å². The second-order valence-electron chi connectivity index (χ2n) is 9.27. The first-order valence-electron chi connectivity index (χ1n) is 12.3. The molecule has 5 aromatic rings. The van der Waals surface area contributed by atoms with Gasteiger partial charge in [0.15, 0.2) is 5.75 Å². The molecule has 0 aliphatic carbocycles. The van der Waals surface area contributed by atoms with Gasteiger partial charge in [-0.05, 0) is 35.4 Å². The zero-order chi connectivity index (χ0) is 26.2. The standard InChI is InChI=1S/C29H24Cl2FN5O/c30-22-14-20(15-23(31)27(22)38)21-17-37(16-19-6-2-1-3-7-19)29-26(21)28(33-18-34-29)36-12-10-35(11-13-36)25-9-5-4-8-24(25)32/h1-9,14-15,17-18,38H,10-13,16H2. The van der Waals surface area contributed by atoms with Crippen LogP contribution in [0.25, 0.3) is 22.2 Å². The number of fused-ring (bicyclic) bond motifs is 1. The van der Waals surface area contributed by atoms with Crippen LogP contribution in [-0.2, 0) is 6.54 Å². The number of nitrogens with zero attached hydrogens (tertiary/aromatic N) is 5. The average Bonchev–Trinajstić information content (AvgIpc) is 3.31. The summed E-state index contributed by atoms with van der Waals surface area (Å²) in [5.74, 6) is 0.433. The third-order valence-electron chi connectivity index (χ3n) is 6.93. The van der Waals surface area contributed by atoms with Gasteiger partial charge in [0.25, 0.3) is 0 Å². The van der Waals surface area contributed by atoms with E-state index in [2.05, 4.69) is 31.5 Å². The number of halogens is 3. The Kier molecular flexibility index (Phi) is 6.55. The molecule has 3 heterocycles. The third kappa shape index (κ3) is 4.52. The van der Waals surface area contributed by atoms with Crippen LogP contribution < -0.4 is 9.80 Å². The van der Waals surface area contributed by atoms with Crippen molar-refractivity contribution in [2.75, 3.05) is 36.0 Å². The molecular formula is C29H24Cl2FN5O. The lowest BCUT2D eigenvalue weighted by Crippen LogP contribution is -2.47. The lowest BCUT2D eigenvalue weighted by Gasteiger charge is -2.37. The Morgan fingerprint density at radius 2 is 1.50 bits per heavy atom. The van der Waals surface area contributed by atoms with Crippen LogP contribution in [0.5, 0.6) is 5.75 Å². The van der Waals surface area contributed by atoms with Gasteiger partial charge in [-0.1, -0.05) is 65.7 Å². The molecule has 0 saturated carbocycles. The number of aromatic nitrogens is 3. The van der Waals surface area contributed by atoms with E-state index in [9.17, 15) is 9.50 Å². The van der Waals surface area contributed by atoms with Crippen LogP contribution >= 0.6 is 23.2 Å². The minimum Gasteiger partial charge on any atom is -0.505 e. The first-order valence-corrected chi connectivity index (χ1v) is 13.1. The fourth-order valence-corrected chi connectivity index (χ4v) is 5.54. The van der Waals surface area contributed by atoms with Gasteiger partial charge in [-0.2, -0.15) is 0 Å². The second-order valence-corrected chi connectivity index (χ2v) is 10.1. The number of hydrogen-bond acceptors (Lipinski definition) is 5. The van der Waals surface area contributed by atoms with Crippen molar-refractivity contribution in [2.45, 2.75) is 6.54 Å². The summed E-state index contributed by atoms with van der Waals surface area (Å²) in [5.41, 5.74) is 4.16. The number of benzene rings is 3. The minimum absolute atomic E-state index is 0.147. The van der Waals surface area contributed by atoms with Crippen LogP contribution in [-0.4, -0.2) is 45.8 Å². The number of piperazine rings is 1. The lowest BCUT2D eigenvalue weighted by molar-refractivity contribution is 0.476. The molecule has 0 radical (unpaired) electrons. The highest BCUT2D eigenvalue weighted by Gasteiger charge is 2.25. The van der Waals surface area contributed by atoms with E-state index in [0.717, 1.165) is 33.5 Å². The van der Waals surface area contributed by atoms with Crippen LogP contribution in [0.4, 0.5) is 15.9 Å². The molecule has 1 N–H and O–H groups in total. The highest BCUT2D eigenvalue weighted by Crippen LogP contribution is 2.41. The molecule has 9 heteroatoms. The van der Waals surface area contributed by atoms with Crippen molar-refractivity contribution in [3.05, 3.63) is 101 Å². The number of phenolic OH excluding ortho intramolecular Hbond substituents is 1. The number of hydrogen-bond donors (Lipinski definition) is 1. The quantitative estimate of drug-likeness (QED) is 0.268. The molecule has 3 aromatic carbocycles. The van der Waals surface area contributed by atoms with Crippen molar-refractivity contribution >= 4 is 45.7 Å². The van der Waals surface area contributed by atoms with E-state index in [-0.39, 0.29) is 21.6 Å². The summed E-state index contributed by atoms with van der Waals surface area (Å²) in [4.78, 5) is 13.6. The van der Waals surface area contributed by atoms with Gasteiger partial charge in [-0.3, -0.25) is 0 Å². The van der Waals surface area contributed by atoms with Crippen LogP contribution in [0, 0.1) is 5.82 Å². The Balaban J connectivity index is 1.43. The number of aromatic hydroxyl groups is 1. The third-order valence-corrected chi connectivity index (χ3v) is 7.51. The molecule has 0 bridgehead atoms. The number of rotatable bonds is 5. The minimum atomic E-state index is -0.216. The predicted octanol–water partition coefficient (Wildman–Crippen LogP) is 6.62. The number of anilines is 2. The molecule has 0 spiro atoms. The SMILES string of the molecule is Oc1c(Cl)cc(-c2cn(Cc3ccccc3)c3ncnc(N4CCN(c5ccccc5F)CC4)c23)cc1Cl. The smallest absolute Gasteiger partial charge is 0.152 e. The van der Waals surface area contributed by atoms with Gasteiger partial charge in [-0.25, -0.2) is 14.4 Å². The van der Waals surface area contributed by atoms with Crippen LogP contribution in [0.2, 0.25) is 10.0 Å². The maximum atomic E-state index is 14.4. The van der Waals surface area contributed by atoms with Gasteiger partial charge in [0.05, 0.1) is 21.1 Å². The maximum absolute atomic E-state index is 14.4. The van der Waals surface area contributed by atoms with Crippen molar-refractivity contribution in [3.63, 3.8) is 0 Å². The summed E-state index contributed by atoms with van der Waals surface area (Å²) in [6, 6.07) is 20.4. The van der Waals surface area contributed by atoms with Crippen LogP contribution in [0.3, 0.4) is 0 Å². The molecule has 0 unspecified atom stereocenters.